The van der Waals surface area contributed by atoms with Gasteiger partial charge in [-0.1, -0.05) is 19.1 Å². The Bertz CT molecular complexity index is 1680. The fourth-order valence-corrected chi connectivity index (χ4v) is 4.30. The number of fused-ring (bicyclic) bond motifs is 2. The van der Waals surface area contributed by atoms with Crippen LogP contribution in [0.2, 0.25) is 0 Å². The van der Waals surface area contributed by atoms with Gasteiger partial charge in [-0.05, 0) is 74.7 Å². The summed E-state index contributed by atoms with van der Waals surface area (Å²) in [6.07, 6.45) is 1.85. The molecule has 192 valence electrons. The summed E-state index contributed by atoms with van der Waals surface area (Å²) in [4.78, 5) is 52.5. The summed E-state index contributed by atoms with van der Waals surface area (Å²) in [6, 6.07) is 14.1. The number of hydrogen-bond acceptors (Lipinski definition) is 7. The summed E-state index contributed by atoms with van der Waals surface area (Å²) in [5, 5.41) is 0.263. The maximum Gasteiger partial charge on any atom is 0.343 e. The number of esters is 1. The molecule has 0 fully saturated rings. The maximum absolute atomic E-state index is 13.0. The van der Waals surface area contributed by atoms with Crippen molar-refractivity contribution in [3.63, 3.8) is 0 Å². The molecule has 0 saturated heterocycles. The van der Waals surface area contributed by atoms with E-state index in [1.165, 1.54) is 47.6 Å². The standard InChI is InChI=1S/C30H25NO7/c1-5-18(4)31-28(33)21-10-8-19(13-23(21)29(31)34)30(35)37-20-9-11-22-25(14-20)36-15-26(27(22)32)38-24-12-16(2)6-7-17(24)3/h6-15,18H,5H2,1-4H3. The molecule has 0 saturated carbocycles. The highest BCUT2D eigenvalue weighted by atomic mass is 16.5. The molecule has 0 radical (unpaired) electrons. The van der Waals surface area contributed by atoms with Crippen molar-refractivity contribution in [2.24, 2.45) is 0 Å². The molecule has 38 heavy (non-hydrogen) atoms. The van der Waals surface area contributed by atoms with Crippen LogP contribution in [0.15, 0.2) is 70.1 Å². The summed E-state index contributed by atoms with van der Waals surface area (Å²) in [5.41, 5.74) is 2.28. The highest BCUT2D eigenvalue weighted by Crippen LogP contribution is 2.29. The van der Waals surface area contributed by atoms with Crippen LogP contribution in [0.3, 0.4) is 0 Å². The SMILES string of the molecule is CCC(C)N1C(=O)c2ccc(C(=O)Oc3ccc4c(=O)c(Oc5cc(C)ccc5C)coc4c3)cc2C1=O. The van der Waals surface area contributed by atoms with Crippen molar-refractivity contribution in [2.75, 3.05) is 0 Å². The zero-order chi connectivity index (χ0) is 27.1. The van der Waals surface area contributed by atoms with Crippen molar-refractivity contribution in [3.8, 4) is 17.2 Å². The molecule has 8 heteroatoms. The van der Waals surface area contributed by atoms with Gasteiger partial charge in [0.2, 0.25) is 11.2 Å². The zero-order valence-corrected chi connectivity index (χ0v) is 21.4. The fourth-order valence-electron chi connectivity index (χ4n) is 4.30. The van der Waals surface area contributed by atoms with E-state index >= 15 is 0 Å². The molecular weight excluding hydrogens is 486 g/mol. The summed E-state index contributed by atoms with van der Waals surface area (Å²) >= 11 is 0. The number of aryl methyl sites for hydroxylation is 2. The van der Waals surface area contributed by atoms with Crippen molar-refractivity contribution in [3.05, 3.63) is 98.9 Å². The monoisotopic (exact) mass is 511 g/mol. The number of amides is 2. The lowest BCUT2D eigenvalue weighted by molar-refractivity contribution is 0.0593. The van der Waals surface area contributed by atoms with Gasteiger partial charge in [0, 0.05) is 12.1 Å². The lowest BCUT2D eigenvalue weighted by Crippen LogP contribution is -2.37. The van der Waals surface area contributed by atoms with Crippen molar-refractivity contribution in [1.29, 1.82) is 0 Å². The van der Waals surface area contributed by atoms with Crippen LogP contribution in [0.25, 0.3) is 11.0 Å². The number of imide groups is 1. The van der Waals surface area contributed by atoms with Crippen LogP contribution in [0.4, 0.5) is 0 Å². The molecule has 1 atom stereocenters. The van der Waals surface area contributed by atoms with E-state index in [0.717, 1.165) is 11.1 Å². The Morgan fingerprint density at radius 1 is 0.921 bits per heavy atom. The third kappa shape index (κ3) is 4.34. The molecule has 2 amide bonds. The van der Waals surface area contributed by atoms with E-state index in [9.17, 15) is 19.2 Å². The molecule has 1 aliphatic rings. The molecule has 1 aliphatic heterocycles. The average Bonchev–Trinajstić information content (AvgIpc) is 3.16. The highest BCUT2D eigenvalue weighted by Gasteiger charge is 2.38. The molecule has 1 aromatic heterocycles. The summed E-state index contributed by atoms with van der Waals surface area (Å²) in [6.45, 7) is 7.50. The van der Waals surface area contributed by atoms with Gasteiger partial charge >= 0.3 is 5.97 Å². The van der Waals surface area contributed by atoms with Crippen molar-refractivity contribution in [2.45, 2.75) is 40.2 Å². The second kappa shape index (κ2) is 9.63. The van der Waals surface area contributed by atoms with Crippen LogP contribution in [0, 0.1) is 13.8 Å². The highest BCUT2D eigenvalue weighted by molar-refractivity contribution is 6.22. The van der Waals surface area contributed by atoms with Gasteiger partial charge in [0.1, 0.15) is 23.3 Å². The Morgan fingerprint density at radius 2 is 1.68 bits per heavy atom. The smallest absolute Gasteiger partial charge is 0.343 e. The Labute approximate surface area is 218 Å². The topological polar surface area (TPSA) is 103 Å². The number of carbonyl (C=O) groups excluding carboxylic acids is 3. The van der Waals surface area contributed by atoms with Crippen molar-refractivity contribution >= 4 is 28.8 Å². The van der Waals surface area contributed by atoms with Gasteiger partial charge in [0.05, 0.1) is 22.1 Å². The first-order valence-electron chi connectivity index (χ1n) is 12.2. The average molecular weight is 512 g/mol. The van der Waals surface area contributed by atoms with Gasteiger partial charge < -0.3 is 13.9 Å². The van der Waals surface area contributed by atoms with Crippen LogP contribution in [-0.2, 0) is 0 Å². The summed E-state index contributed by atoms with van der Waals surface area (Å²) in [5.74, 6) is -0.765. The van der Waals surface area contributed by atoms with Crippen LogP contribution < -0.4 is 14.9 Å². The molecular formula is C30H25NO7. The van der Waals surface area contributed by atoms with Gasteiger partial charge in [-0.3, -0.25) is 19.3 Å². The Kier molecular flexibility index (Phi) is 6.32. The van der Waals surface area contributed by atoms with Gasteiger partial charge in [0.25, 0.3) is 11.8 Å². The molecule has 8 nitrogen and oxygen atoms in total. The maximum atomic E-state index is 13.0. The van der Waals surface area contributed by atoms with E-state index in [1.807, 2.05) is 39.0 Å². The van der Waals surface area contributed by atoms with Gasteiger partial charge in [-0.25, -0.2) is 4.79 Å². The number of nitrogens with zero attached hydrogens (tertiary/aromatic N) is 1. The molecule has 0 N–H and O–H groups in total. The van der Waals surface area contributed by atoms with Crippen LogP contribution >= 0.6 is 0 Å². The lowest BCUT2D eigenvalue weighted by atomic mass is 10.1. The van der Waals surface area contributed by atoms with Crippen LogP contribution in [0.1, 0.15) is 62.5 Å². The van der Waals surface area contributed by atoms with Gasteiger partial charge in [0.15, 0.2) is 0 Å². The first kappa shape index (κ1) is 25.0. The van der Waals surface area contributed by atoms with E-state index in [1.54, 1.807) is 6.92 Å². The van der Waals surface area contributed by atoms with Crippen LogP contribution in [0.5, 0.6) is 17.2 Å². The normalized spacial score (nSPS) is 13.5. The fraction of sp³-hybridized carbons (Fsp3) is 0.200. The lowest BCUT2D eigenvalue weighted by Gasteiger charge is -2.20. The van der Waals surface area contributed by atoms with E-state index in [2.05, 4.69) is 0 Å². The molecule has 5 rings (SSSR count). The van der Waals surface area contributed by atoms with E-state index in [-0.39, 0.29) is 56.5 Å². The van der Waals surface area contributed by atoms with E-state index in [0.29, 0.717) is 12.2 Å². The van der Waals surface area contributed by atoms with Crippen molar-refractivity contribution < 1.29 is 28.3 Å². The number of hydrogen-bond donors (Lipinski definition) is 0. The Hall–Kier alpha value is -4.72. The molecule has 0 bridgehead atoms. The third-order valence-electron chi connectivity index (χ3n) is 6.67. The van der Waals surface area contributed by atoms with Crippen LogP contribution in [-0.4, -0.2) is 28.7 Å². The number of ether oxygens (including phenoxy) is 2. The largest absolute Gasteiger partial charge is 0.460 e. The minimum absolute atomic E-state index is 0.0414. The first-order valence-corrected chi connectivity index (χ1v) is 12.2. The minimum atomic E-state index is -0.716. The molecule has 3 aromatic carbocycles. The molecule has 1 unspecified atom stereocenters. The zero-order valence-electron chi connectivity index (χ0n) is 21.4. The molecule has 2 heterocycles. The predicted molar refractivity (Wildman–Crippen MR) is 140 cm³/mol. The number of carbonyl (C=O) groups is 3. The molecule has 4 aromatic rings. The van der Waals surface area contributed by atoms with Gasteiger partial charge in [-0.2, -0.15) is 0 Å². The predicted octanol–water partition coefficient (Wildman–Crippen LogP) is 5.82. The quantitative estimate of drug-likeness (QED) is 0.183. The second-order valence-electron chi connectivity index (χ2n) is 9.35. The molecule has 0 spiro atoms. The summed E-state index contributed by atoms with van der Waals surface area (Å²) in [7, 11) is 0. The summed E-state index contributed by atoms with van der Waals surface area (Å²) < 4.78 is 16.9. The second-order valence-corrected chi connectivity index (χ2v) is 9.35. The Morgan fingerprint density at radius 3 is 2.45 bits per heavy atom. The van der Waals surface area contributed by atoms with Gasteiger partial charge in [-0.15, -0.1) is 0 Å². The first-order chi connectivity index (χ1) is 18.2. The minimum Gasteiger partial charge on any atom is -0.460 e. The van der Waals surface area contributed by atoms with E-state index < -0.39 is 11.9 Å². The van der Waals surface area contributed by atoms with Crippen molar-refractivity contribution in [1.82, 2.24) is 4.90 Å². The molecule has 0 aliphatic carbocycles. The number of rotatable bonds is 6. The third-order valence-corrected chi connectivity index (χ3v) is 6.67. The van der Waals surface area contributed by atoms with E-state index in [4.69, 9.17) is 13.9 Å². The number of benzene rings is 3. The Balaban J connectivity index is 1.38.